The van der Waals surface area contributed by atoms with Crippen molar-refractivity contribution in [3.05, 3.63) is 16.0 Å². The molecule has 0 N–H and O–H groups in total. The van der Waals surface area contributed by atoms with E-state index in [0.29, 0.717) is 17.2 Å². The highest BCUT2D eigenvalue weighted by Gasteiger charge is 2.20. The van der Waals surface area contributed by atoms with E-state index < -0.39 is 0 Å². The summed E-state index contributed by atoms with van der Waals surface area (Å²) < 4.78 is 0.902. The second kappa shape index (κ2) is 7.29. The largest absolute Gasteiger partial charge is 0.352 e. The van der Waals surface area contributed by atoms with Gasteiger partial charge in [-0.3, -0.25) is 0 Å². The zero-order chi connectivity index (χ0) is 13.7. The Morgan fingerprint density at radius 2 is 1.94 bits per heavy atom. The van der Waals surface area contributed by atoms with Crippen LogP contribution < -0.4 is 4.90 Å². The third-order valence-corrected chi connectivity index (χ3v) is 3.65. The summed E-state index contributed by atoms with van der Waals surface area (Å²) in [7, 11) is 0. The summed E-state index contributed by atoms with van der Waals surface area (Å²) in [5.41, 5.74) is 0. The molecule has 0 fully saturated rings. The molecule has 1 aromatic heterocycles. The van der Waals surface area contributed by atoms with Crippen molar-refractivity contribution in [1.29, 1.82) is 0 Å². The fraction of sp³-hybridized carbons (Fsp3) is 0.692. The minimum absolute atomic E-state index is 0.299. The highest BCUT2D eigenvalue weighted by molar-refractivity contribution is 9.10. The number of nitrogens with zero attached hydrogens (tertiary/aromatic N) is 3. The van der Waals surface area contributed by atoms with E-state index in [9.17, 15) is 0 Å². The molecule has 0 radical (unpaired) electrons. The fourth-order valence-electron chi connectivity index (χ4n) is 2.07. The van der Waals surface area contributed by atoms with Gasteiger partial charge in [0.15, 0.2) is 0 Å². The predicted octanol–water partition coefficient (Wildman–Crippen LogP) is 4.54. The van der Waals surface area contributed by atoms with Crippen LogP contribution in [-0.4, -0.2) is 22.6 Å². The standard InChI is InChI=1S/C13H21BrClN3/c1-5-10(6-2)18(8-9(3)4)12-11(14)7-16-13(15)17-12/h7,9-10H,5-6,8H2,1-4H3. The molecule has 0 bridgehead atoms. The van der Waals surface area contributed by atoms with E-state index in [1.807, 2.05) is 0 Å². The Morgan fingerprint density at radius 3 is 2.44 bits per heavy atom. The van der Waals surface area contributed by atoms with E-state index in [-0.39, 0.29) is 0 Å². The van der Waals surface area contributed by atoms with E-state index in [1.54, 1.807) is 6.20 Å². The molecule has 1 heterocycles. The number of rotatable bonds is 6. The fourth-order valence-corrected chi connectivity index (χ4v) is 2.62. The minimum Gasteiger partial charge on any atom is -0.352 e. The predicted molar refractivity (Wildman–Crippen MR) is 81.3 cm³/mol. The van der Waals surface area contributed by atoms with Gasteiger partial charge in [0, 0.05) is 18.8 Å². The van der Waals surface area contributed by atoms with Crippen molar-refractivity contribution in [2.24, 2.45) is 5.92 Å². The van der Waals surface area contributed by atoms with Gasteiger partial charge in [-0.2, -0.15) is 4.98 Å². The molecule has 1 rings (SSSR count). The van der Waals surface area contributed by atoms with E-state index in [2.05, 4.69) is 58.5 Å². The van der Waals surface area contributed by atoms with Gasteiger partial charge in [0.25, 0.3) is 0 Å². The molecule has 0 unspecified atom stereocenters. The van der Waals surface area contributed by atoms with Crippen molar-refractivity contribution in [3.63, 3.8) is 0 Å². The van der Waals surface area contributed by atoms with Crippen molar-refractivity contribution in [2.45, 2.75) is 46.6 Å². The Balaban J connectivity index is 3.11. The summed E-state index contributed by atoms with van der Waals surface area (Å²) in [5.74, 6) is 1.48. The van der Waals surface area contributed by atoms with Crippen LogP contribution >= 0.6 is 27.5 Å². The molecule has 1 aromatic rings. The number of hydrogen-bond acceptors (Lipinski definition) is 3. The smallest absolute Gasteiger partial charge is 0.224 e. The molecule has 0 saturated carbocycles. The monoisotopic (exact) mass is 333 g/mol. The molecule has 0 aliphatic heterocycles. The summed E-state index contributed by atoms with van der Waals surface area (Å²) in [6, 6.07) is 0.481. The van der Waals surface area contributed by atoms with Crippen LogP contribution in [0.2, 0.25) is 5.28 Å². The first-order valence-electron chi connectivity index (χ1n) is 6.44. The number of hydrogen-bond donors (Lipinski definition) is 0. The summed E-state index contributed by atoms with van der Waals surface area (Å²) in [6.45, 7) is 9.81. The molecule has 102 valence electrons. The number of aromatic nitrogens is 2. The SMILES string of the molecule is CCC(CC)N(CC(C)C)c1nc(Cl)ncc1Br. The Kier molecular flexibility index (Phi) is 6.36. The van der Waals surface area contributed by atoms with Gasteiger partial charge in [-0.1, -0.05) is 27.7 Å². The highest BCUT2D eigenvalue weighted by atomic mass is 79.9. The second-order valence-electron chi connectivity index (χ2n) is 4.83. The van der Waals surface area contributed by atoms with Crippen LogP contribution in [0.15, 0.2) is 10.7 Å². The van der Waals surface area contributed by atoms with E-state index in [0.717, 1.165) is 29.7 Å². The van der Waals surface area contributed by atoms with Crippen LogP contribution in [-0.2, 0) is 0 Å². The second-order valence-corrected chi connectivity index (χ2v) is 6.02. The van der Waals surface area contributed by atoms with Gasteiger partial charge in [0.2, 0.25) is 5.28 Å². The zero-order valence-corrected chi connectivity index (χ0v) is 13.8. The van der Waals surface area contributed by atoms with Gasteiger partial charge < -0.3 is 4.90 Å². The van der Waals surface area contributed by atoms with Gasteiger partial charge in [-0.05, 0) is 46.3 Å². The average Bonchev–Trinajstić information content (AvgIpc) is 2.32. The number of halogens is 2. The summed E-state index contributed by atoms with van der Waals surface area (Å²) in [5, 5.41) is 0.299. The topological polar surface area (TPSA) is 29.0 Å². The quantitative estimate of drug-likeness (QED) is 0.715. The van der Waals surface area contributed by atoms with Gasteiger partial charge in [0.05, 0.1) is 4.47 Å². The van der Waals surface area contributed by atoms with Crippen LogP contribution in [0.5, 0.6) is 0 Å². The van der Waals surface area contributed by atoms with Gasteiger partial charge in [0.1, 0.15) is 5.82 Å². The van der Waals surface area contributed by atoms with Gasteiger partial charge >= 0.3 is 0 Å². The Morgan fingerprint density at radius 1 is 1.33 bits per heavy atom. The highest BCUT2D eigenvalue weighted by Crippen LogP contribution is 2.28. The lowest BCUT2D eigenvalue weighted by Crippen LogP contribution is -2.38. The molecule has 0 atom stereocenters. The lowest BCUT2D eigenvalue weighted by Gasteiger charge is -2.33. The van der Waals surface area contributed by atoms with E-state index in [1.165, 1.54) is 0 Å². The first-order chi connectivity index (χ1) is 8.49. The van der Waals surface area contributed by atoms with Crippen molar-refractivity contribution in [3.8, 4) is 0 Å². The van der Waals surface area contributed by atoms with Crippen LogP contribution in [0.1, 0.15) is 40.5 Å². The van der Waals surface area contributed by atoms with Gasteiger partial charge in [-0.25, -0.2) is 4.98 Å². The third kappa shape index (κ3) is 4.09. The average molecular weight is 335 g/mol. The molecule has 3 nitrogen and oxygen atoms in total. The molecule has 0 aliphatic carbocycles. The maximum atomic E-state index is 5.92. The molecular weight excluding hydrogens is 314 g/mol. The normalized spacial score (nSPS) is 11.3. The lowest BCUT2D eigenvalue weighted by atomic mass is 10.1. The zero-order valence-electron chi connectivity index (χ0n) is 11.5. The van der Waals surface area contributed by atoms with Crippen molar-refractivity contribution < 1.29 is 0 Å². The van der Waals surface area contributed by atoms with Crippen LogP contribution in [0.25, 0.3) is 0 Å². The van der Waals surface area contributed by atoms with Crippen molar-refractivity contribution in [2.75, 3.05) is 11.4 Å². The summed E-state index contributed by atoms with van der Waals surface area (Å²) in [4.78, 5) is 10.7. The first kappa shape index (κ1) is 15.7. The van der Waals surface area contributed by atoms with E-state index in [4.69, 9.17) is 11.6 Å². The molecule has 0 amide bonds. The first-order valence-corrected chi connectivity index (χ1v) is 7.61. The van der Waals surface area contributed by atoms with Crippen LogP contribution in [0.3, 0.4) is 0 Å². The van der Waals surface area contributed by atoms with Crippen molar-refractivity contribution in [1.82, 2.24) is 9.97 Å². The Labute approximate surface area is 123 Å². The Hall–Kier alpha value is -0.350. The maximum Gasteiger partial charge on any atom is 0.224 e. The number of anilines is 1. The molecule has 18 heavy (non-hydrogen) atoms. The molecule has 0 spiro atoms. The van der Waals surface area contributed by atoms with E-state index >= 15 is 0 Å². The minimum atomic E-state index is 0.299. The molecule has 0 aromatic carbocycles. The van der Waals surface area contributed by atoms with Crippen molar-refractivity contribution >= 4 is 33.3 Å². The van der Waals surface area contributed by atoms with Gasteiger partial charge in [-0.15, -0.1) is 0 Å². The molecule has 0 aliphatic rings. The third-order valence-electron chi connectivity index (χ3n) is 2.91. The lowest BCUT2D eigenvalue weighted by molar-refractivity contribution is 0.502. The summed E-state index contributed by atoms with van der Waals surface area (Å²) >= 11 is 9.44. The summed E-state index contributed by atoms with van der Waals surface area (Å²) in [6.07, 6.45) is 3.91. The van der Waals surface area contributed by atoms with Crippen LogP contribution in [0.4, 0.5) is 5.82 Å². The van der Waals surface area contributed by atoms with Crippen LogP contribution in [0, 0.1) is 5.92 Å². The Bertz CT molecular complexity index is 380. The molecule has 5 heteroatoms. The molecule has 0 saturated heterocycles. The maximum absolute atomic E-state index is 5.92. The molecular formula is C13H21BrClN3.